The molecule has 0 unspecified atom stereocenters. The topological polar surface area (TPSA) is 3.24 Å². The Labute approximate surface area is 78.3 Å². The van der Waals surface area contributed by atoms with Crippen LogP contribution in [0.2, 0.25) is 0 Å². The van der Waals surface area contributed by atoms with Crippen molar-refractivity contribution in [2.45, 2.75) is 0 Å². The maximum atomic E-state index is 5.51. The van der Waals surface area contributed by atoms with Crippen molar-refractivity contribution < 1.29 is 0 Å². The first kappa shape index (κ1) is 9.14. The fourth-order valence-electron chi connectivity index (χ4n) is 1.10. The average Bonchev–Trinajstić information content (AvgIpc) is 2.05. The summed E-state index contributed by atoms with van der Waals surface area (Å²) in [6.45, 7) is 0. The second-order valence-electron chi connectivity index (χ2n) is 2.75. The third-order valence-corrected chi connectivity index (χ3v) is 1.79. The van der Waals surface area contributed by atoms with E-state index in [4.69, 9.17) is 11.6 Å². The van der Waals surface area contributed by atoms with E-state index in [-0.39, 0.29) is 0 Å². The van der Waals surface area contributed by atoms with Crippen LogP contribution in [0.25, 0.3) is 6.08 Å². The smallest absolute Gasteiger partial charge is 0.0434 e. The number of hydrogen-bond donors (Lipinski definition) is 0. The molecule has 0 amide bonds. The predicted molar refractivity (Wildman–Crippen MR) is 55.7 cm³/mol. The van der Waals surface area contributed by atoms with Crippen LogP contribution in [-0.2, 0) is 0 Å². The average molecular weight is 182 g/mol. The lowest BCUT2D eigenvalue weighted by atomic mass is 10.1. The minimum atomic E-state index is 1.14. The SMILES string of the molecule is CN(C)c1ccccc1/C=C\Cl. The van der Waals surface area contributed by atoms with Crippen molar-refractivity contribution in [3.63, 3.8) is 0 Å². The standard InChI is InChI=1S/C10H12ClN/c1-12(2)10-6-4-3-5-9(10)7-8-11/h3-8H,1-2H3/b8-7-. The summed E-state index contributed by atoms with van der Waals surface area (Å²) in [5, 5.41) is 0. The van der Waals surface area contributed by atoms with E-state index in [0.29, 0.717) is 0 Å². The molecule has 0 aromatic heterocycles. The Hall–Kier alpha value is -0.950. The number of nitrogens with zero attached hydrogens (tertiary/aromatic N) is 1. The van der Waals surface area contributed by atoms with Crippen molar-refractivity contribution in [1.29, 1.82) is 0 Å². The molecule has 0 saturated heterocycles. The molecule has 0 aliphatic rings. The Bertz CT molecular complexity index is 279. The lowest BCUT2D eigenvalue weighted by Gasteiger charge is -2.14. The molecule has 0 fully saturated rings. The highest BCUT2D eigenvalue weighted by molar-refractivity contribution is 6.27. The maximum Gasteiger partial charge on any atom is 0.0434 e. The second kappa shape index (κ2) is 4.17. The molecule has 0 aliphatic heterocycles. The van der Waals surface area contributed by atoms with Crippen LogP contribution in [0.3, 0.4) is 0 Å². The molecule has 2 heteroatoms. The molecular formula is C10H12ClN. The van der Waals surface area contributed by atoms with Crippen LogP contribution in [0, 0.1) is 0 Å². The predicted octanol–water partition coefficient (Wildman–Crippen LogP) is 2.96. The summed E-state index contributed by atoms with van der Waals surface area (Å²) in [6.07, 6.45) is 1.89. The van der Waals surface area contributed by atoms with Gasteiger partial charge < -0.3 is 4.90 Å². The number of rotatable bonds is 2. The molecule has 0 bridgehead atoms. The molecule has 0 atom stereocenters. The van der Waals surface area contributed by atoms with Gasteiger partial charge in [-0.05, 0) is 17.7 Å². The summed E-state index contributed by atoms with van der Waals surface area (Å²) in [5.74, 6) is 0. The Balaban J connectivity index is 3.08. The van der Waals surface area contributed by atoms with Crippen molar-refractivity contribution in [1.82, 2.24) is 0 Å². The van der Waals surface area contributed by atoms with E-state index in [1.807, 2.05) is 38.4 Å². The van der Waals surface area contributed by atoms with Crippen LogP contribution in [0.1, 0.15) is 5.56 Å². The summed E-state index contributed by atoms with van der Waals surface area (Å²) < 4.78 is 0. The fourth-order valence-corrected chi connectivity index (χ4v) is 1.24. The highest BCUT2D eigenvalue weighted by Crippen LogP contribution is 2.19. The summed E-state index contributed by atoms with van der Waals surface area (Å²) >= 11 is 5.51. The van der Waals surface area contributed by atoms with Gasteiger partial charge in [0.1, 0.15) is 0 Å². The van der Waals surface area contributed by atoms with E-state index in [2.05, 4.69) is 11.0 Å². The number of anilines is 1. The van der Waals surface area contributed by atoms with Gasteiger partial charge in [-0.1, -0.05) is 29.8 Å². The first-order valence-corrected chi connectivity index (χ1v) is 4.22. The first-order chi connectivity index (χ1) is 5.75. The summed E-state index contributed by atoms with van der Waals surface area (Å²) in [4.78, 5) is 2.06. The van der Waals surface area contributed by atoms with E-state index >= 15 is 0 Å². The minimum absolute atomic E-state index is 1.14. The zero-order valence-electron chi connectivity index (χ0n) is 7.29. The monoisotopic (exact) mass is 181 g/mol. The molecule has 1 nitrogen and oxygen atoms in total. The first-order valence-electron chi connectivity index (χ1n) is 3.79. The van der Waals surface area contributed by atoms with Crippen LogP contribution in [-0.4, -0.2) is 14.1 Å². The van der Waals surface area contributed by atoms with Crippen molar-refractivity contribution in [2.24, 2.45) is 0 Å². The van der Waals surface area contributed by atoms with Gasteiger partial charge in [0.2, 0.25) is 0 Å². The molecule has 0 spiro atoms. The van der Waals surface area contributed by atoms with E-state index in [1.165, 1.54) is 11.2 Å². The second-order valence-corrected chi connectivity index (χ2v) is 3.00. The van der Waals surface area contributed by atoms with Gasteiger partial charge in [0.15, 0.2) is 0 Å². The molecular weight excluding hydrogens is 170 g/mol. The highest BCUT2D eigenvalue weighted by Gasteiger charge is 1.98. The van der Waals surface area contributed by atoms with E-state index in [0.717, 1.165) is 5.56 Å². The van der Waals surface area contributed by atoms with Crippen molar-refractivity contribution in [2.75, 3.05) is 19.0 Å². The molecule has 1 aromatic carbocycles. The van der Waals surface area contributed by atoms with Gasteiger partial charge in [0, 0.05) is 25.3 Å². The Morgan fingerprint density at radius 2 is 1.92 bits per heavy atom. The third kappa shape index (κ3) is 2.02. The van der Waals surface area contributed by atoms with Crippen LogP contribution in [0.5, 0.6) is 0 Å². The molecule has 0 saturated carbocycles. The van der Waals surface area contributed by atoms with Gasteiger partial charge in [-0.25, -0.2) is 0 Å². The molecule has 0 heterocycles. The summed E-state index contributed by atoms with van der Waals surface area (Å²) in [5.41, 5.74) is 3.84. The van der Waals surface area contributed by atoms with E-state index in [1.54, 1.807) is 0 Å². The fraction of sp³-hybridized carbons (Fsp3) is 0.200. The number of para-hydroxylation sites is 1. The molecule has 12 heavy (non-hydrogen) atoms. The highest BCUT2D eigenvalue weighted by atomic mass is 35.5. The van der Waals surface area contributed by atoms with Crippen LogP contribution >= 0.6 is 11.6 Å². The zero-order valence-corrected chi connectivity index (χ0v) is 8.05. The molecule has 1 rings (SSSR count). The van der Waals surface area contributed by atoms with Crippen molar-refractivity contribution in [3.05, 3.63) is 35.4 Å². The van der Waals surface area contributed by atoms with E-state index in [9.17, 15) is 0 Å². The van der Waals surface area contributed by atoms with Gasteiger partial charge in [-0.15, -0.1) is 0 Å². The minimum Gasteiger partial charge on any atom is -0.377 e. The molecule has 0 N–H and O–H groups in total. The lowest BCUT2D eigenvalue weighted by molar-refractivity contribution is 1.13. The Morgan fingerprint density at radius 3 is 2.50 bits per heavy atom. The Kier molecular flexibility index (Phi) is 3.18. The van der Waals surface area contributed by atoms with Crippen LogP contribution in [0.15, 0.2) is 29.8 Å². The van der Waals surface area contributed by atoms with Gasteiger partial charge in [-0.3, -0.25) is 0 Å². The normalized spacial score (nSPS) is 10.6. The van der Waals surface area contributed by atoms with Gasteiger partial charge in [-0.2, -0.15) is 0 Å². The molecule has 1 aromatic rings. The Morgan fingerprint density at radius 1 is 1.25 bits per heavy atom. The van der Waals surface area contributed by atoms with E-state index < -0.39 is 0 Å². The largest absolute Gasteiger partial charge is 0.377 e. The van der Waals surface area contributed by atoms with Gasteiger partial charge in [0.25, 0.3) is 0 Å². The summed E-state index contributed by atoms with van der Waals surface area (Å²) in [6, 6.07) is 8.11. The third-order valence-electron chi connectivity index (χ3n) is 1.66. The van der Waals surface area contributed by atoms with Crippen molar-refractivity contribution >= 4 is 23.4 Å². The quantitative estimate of drug-likeness (QED) is 0.678. The molecule has 0 aliphatic carbocycles. The number of hydrogen-bond acceptors (Lipinski definition) is 1. The number of benzene rings is 1. The van der Waals surface area contributed by atoms with Crippen molar-refractivity contribution in [3.8, 4) is 0 Å². The zero-order chi connectivity index (χ0) is 8.97. The van der Waals surface area contributed by atoms with Gasteiger partial charge >= 0.3 is 0 Å². The lowest BCUT2D eigenvalue weighted by Crippen LogP contribution is -2.09. The number of halogens is 1. The maximum absolute atomic E-state index is 5.51. The summed E-state index contributed by atoms with van der Waals surface area (Å²) in [7, 11) is 4.03. The molecule has 64 valence electrons. The van der Waals surface area contributed by atoms with Gasteiger partial charge in [0.05, 0.1) is 0 Å². The van der Waals surface area contributed by atoms with Crippen LogP contribution < -0.4 is 4.90 Å². The molecule has 0 radical (unpaired) electrons. The van der Waals surface area contributed by atoms with Crippen LogP contribution in [0.4, 0.5) is 5.69 Å².